The first-order valence-electron chi connectivity index (χ1n) is 7.05. The van der Waals surface area contributed by atoms with Crippen molar-refractivity contribution in [3.05, 3.63) is 84.4 Å². The van der Waals surface area contributed by atoms with E-state index in [-0.39, 0.29) is 0 Å². The fraction of sp³-hybridized carbons (Fsp3) is 0. The molecule has 0 aromatic heterocycles. The van der Waals surface area contributed by atoms with Gasteiger partial charge in [0.1, 0.15) is 0 Å². The van der Waals surface area contributed by atoms with E-state index in [1.165, 1.54) is 0 Å². The molecule has 0 radical (unpaired) electrons. The van der Waals surface area contributed by atoms with Crippen molar-refractivity contribution in [2.45, 2.75) is 19.6 Å². The molecule has 3 aromatic rings. The lowest BCUT2D eigenvalue weighted by Gasteiger charge is -2.10. The predicted molar refractivity (Wildman–Crippen MR) is 94.5 cm³/mol. The number of benzene rings is 3. The van der Waals surface area contributed by atoms with Gasteiger partial charge in [-0.05, 0) is 42.5 Å². The van der Waals surface area contributed by atoms with Gasteiger partial charge in [0.05, 0.1) is 5.56 Å². The average Bonchev–Trinajstić information content (AvgIpc) is 2.58. The summed E-state index contributed by atoms with van der Waals surface area (Å²) in [6.45, 7) is 0. The Balaban J connectivity index is 1.95. The largest absolute Gasteiger partial charge is 0.478 e. The van der Waals surface area contributed by atoms with Crippen LogP contribution in [0.1, 0.15) is 10.4 Å². The summed E-state index contributed by atoms with van der Waals surface area (Å²) in [7, 11) is 0. The minimum atomic E-state index is -0.906. The molecule has 0 unspecified atom stereocenters. The smallest absolute Gasteiger partial charge is 0.335 e. The molecule has 0 spiro atoms. The zero-order valence-electron chi connectivity index (χ0n) is 12.2. The summed E-state index contributed by atoms with van der Waals surface area (Å²) in [5.74, 6) is -0.906. The van der Waals surface area contributed by atoms with E-state index < -0.39 is 5.97 Å². The van der Waals surface area contributed by atoms with Crippen molar-refractivity contribution in [1.82, 2.24) is 0 Å². The van der Waals surface area contributed by atoms with E-state index in [1.54, 1.807) is 35.7 Å². The summed E-state index contributed by atoms with van der Waals surface area (Å²) < 4.78 is 0. The van der Waals surface area contributed by atoms with Gasteiger partial charge in [-0.1, -0.05) is 59.9 Å². The van der Waals surface area contributed by atoms with Crippen LogP contribution in [-0.2, 0) is 0 Å². The highest BCUT2D eigenvalue weighted by molar-refractivity contribution is 8.02. The third-order valence-corrected chi connectivity index (χ3v) is 5.41. The molecule has 2 nitrogen and oxygen atoms in total. The van der Waals surface area contributed by atoms with Gasteiger partial charge in [-0.15, -0.1) is 0 Å². The zero-order chi connectivity index (χ0) is 16.1. The van der Waals surface area contributed by atoms with Gasteiger partial charge in [0.15, 0.2) is 0 Å². The highest BCUT2D eigenvalue weighted by Crippen LogP contribution is 2.39. The lowest BCUT2D eigenvalue weighted by atomic mass is 10.2. The Morgan fingerprint density at radius 2 is 1.22 bits per heavy atom. The highest BCUT2D eigenvalue weighted by atomic mass is 32.2. The molecular formula is C19H14O2S2. The Bertz CT molecular complexity index is 802. The molecule has 0 heterocycles. The molecule has 0 aliphatic rings. The summed E-state index contributed by atoms with van der Waals surface area (Å²) >= 11 is 3.22. The fourth-order valence-electron chi connectivity index (χ4n) is 2.04. The van der Waals surface area contributed by atoms with E-state index in [9.17, 15) is 9.90 Å². The maximum atomic E-state index is 11.3. The third-order valence-electron chi connectivity index (χ3n) is 3.13. The third kappa shape index (κ3) is 4.18. The average molecular weight is 338 g/mol. The molecule has 0 bridgehead atoms. The molecule has 0 aliphatic carbocycles. The second-order valence-corrected chi connectivity index (χ2v) is 7.03. The van der Waals surface area contributed by atoms with Gasteiger partial charge >= 0.3 is 5.97 Å². The number of aromatic carboxylic acids is 1. The van der Waals surface area contributed by atoms with Crippen molar-refractivity contribution in [2.24, 2.45) is 0 Å². The van der Waals surface area contributed by atoms with Crippen LogP contribution in [0.5, 0.6) is 0 Å². The summed E-state index contributed by atoms with van der Waals surface area (Å²) in [6.07, 6.45) is 0. The van der Waals surface area contributed by atoms with E-state index in [0.29, 0.717) is 5.56 Å². The van der Waals surface area contributed by atoms with Crippen LogP contribution in [0.15, 0.2) is 98.4 Å². The molecular weight excluding hydrogens is 324 g/mol. The molecule has 0 amide bonds. The summed E-state index contributed by atoms with van der Waals surface area (Å²) in [5, 5.41) is 9.24. The Hall–Kier alpha value is -2.17. The first-order valence-corrected chi connectivity index (χ1v) is 8.69. The number of carbonyl (C=O) groups is 1. The molecule has 1 N–H and O–H groups in total. The van der Waals surface area contributed by atoms with Crippen LogP contribution in [0, 0.1) is 0 Å². The molecule has 0 aliphatic heterocycles. The fourth-order valence-corrected chi connectivity index (χ4v) is 4.03. The maximum absolute atomic E-state index is 11.3. The number of hydrogen-bond acceptors (Lipinski definition) is 3. The van der Waals surface area contributed by atoms with Crippen LogP contribution in [0.4, 0.5) is 0 Å². The van der Waals surface area contributed by atoms with Gasteiger partial charge in [0.25, 0.3) is 0 Å². The highest BCUT2D eigenvalue weighted by Gasteiger charge is 2.11. The number of hydrogen-bond donors (Lipinski definition) is 1. The minimum Gasteiger partial charge on any atom is -0.478 e. The van der Waals surface area contributed by atoms with Crippen molar-refractivity contribution < 1.29 is 9.90 Å². The van der Waals surface area contributed by atoms with Gasteiger partial charge in [0, 0.05) is 19.6 Å². The molecule has 3 aromatic carbocycles. The van der Waals surface area contributed by atoms with Crippen LogP contribution in [0.2, 0.25) is 0 Å². The monoisotopic (exact) mass is 338 g/mol. The van der Waals surface area contributed by atoms with Crippen LogP contribution < -0.4 is 0 Å². The first kappa shape index (κ1) is 15.7. The van der Waals surface area contributed by atoms with Gasteiger partial charge in [0.2, 0.25) is 0 Å². The van der Waals surface area contributed by atoms with Crippen molar-refractivity contribution in [3.8, 4) is 0 Å². The van der Waals surface area contributed by atoms with E-state index >= 15 is 0 Å². The maximum Gasteiger partial charge on any atom is 0.335 e. The molecule has 3 rings (SSSR count). The molecule has 114 valence electrons. The molecule has 0 fully saturated rings. The number of carboxylic acids is 1. The van der Waals surface area contributed by atoms with Crippen LogP contribution in [0.25, 0.3) is 0 Å². The second-order valence-electron chi connectivity index (χ2n) is 4.80. The van der Waals surface area contributed by atoms with Gasteiger partial charge in [-0.2, -0.15) is 0 Å². The Labute approximate surface area is 143 Å². The summed E-state index contributed by atoms with van der Waals surface area (Å²) in [6, 6.07) is 25.3. The van der Waals surface area contributed by atoms with Crippen LogP contribution in [-0.4, -0.2) is 11.1 Å². The van der Waals surface area contributed by atoms with Crippen molar-refractivity contribution in [2.75, 3.05) is 0 Å². The van der Waals surface area contributed by atoms with Crippen molar-refractivity contribution in [3.63, 3.8) is 0 Å². The number of carboxylic acid groups (broad SMARTS) is 1. The van der Waals surface area contributed by atoms with Crippen molar-refractivity contribution in [1.29, 1.82) is 0 Å². The van der Waals surface area contributed by atoms with Crippen molar-refractivity contribution >= 4 is 29.5 Å². The molecule has 0 atom stereocenters. The zero-order valence-corrected chi connectivity index (χ0v) is 13.8. The van der Waals surface area contributed by atoms with E-state index in [2.05, 4.69) is 0 Å². The Kier molecular flexibility index (Phi) is 5.05. The van der Waals surface area contributed by atoms with E-state index in [4.69, 9.17) is 0 Å². The van der Waals surface area contributed by atoms with Gasteiger partial charge < -0.3 is 5.11 Å². The molecule has 4 heteroatoms. The normalized spacial score (nSPS) is 10.4. The quantitative estimate of drug-likeness (QED) is 0.649. The second kappa shape index (κ2) is 7.40. The van der Waals surface area contributed by atoms with Gasteiger partial charge in [-0.3, -0.25) is 0 Å². The summed E-state index contributed by atoms with van der Waals surface area (Å²) in [4.78, 5) is 15.5. The van der Waals surface area contributed by atoms with E-state index in [0.717, 1.165) is 19.6 Å². The van der Waals surface area contributed by atoms with Gasteiger partial charge in [-0.25, -0.2) is 4.79 Å². The minimum absolute atomic E-state index is 0.306. The molecule has 0 saturated heterocycles. The lowest BCUT2D eigenvalue weighted by molar-refractivity contribution is 0.0696. The van der Waals surface area contributed by atoms with Crippen LogP contribution in [0.3, 0.4) is 0 Å². The molecule has 23 heavy (non-hydrogen) atoms. The SMILES string of the molecule is O=C(O)c1ccc(Sc2ccccc2)c(Sc2ccccc2)c1. The Morgan fingerprint density at radius 1 is 0.696 bits per heavy atom. The van der Waals surface area contributed by atoms with E-state index in [1.807, 2.05) is 66.7 Å². The first-order chi connectivity index (χ1) is 11.2. The molecule has 0 saturated carbocycles. The predicted octanol–water partition coefficient (Wildman–Crippen LogP) is 5.69. The summed E-state index contributed by atoms with van der Waals surface area (Å²) in [5.41, 5.74) is 0.306. The number of rotatable bonds is 5. The Morgan fingerprint density at radius 3 is 1.74 bits per heavy atom. The lowest BCUT2D eigenvalue weighted by Crippen LogP contribution is -1.96. The standard InChI is InChI=1S/C19H14O2S2/c20-19(21)14-11-12-17(22-15-7-3-1-4-8-15)18(13-14)23-16-9-5-2-6-10-16/h1-13H,(H,20,21). The topological polar surface area (TPSA) is 37.3 Å². The van der Waals surface area contributed by atoms with Crippen LogP contribution >= 0.6 is 23.5 Å².